The lowest BCUT2D eigenvalue weighted by Crippen LogP contribution is -2.52. The van der Waals surface area contributed by atoms with Crippen LogP contribution in [0.5, 0.6) is 0 Å². The predicted molar refractivity (Wildman–Crippen MR) is 97.2 cm³/mol. The first-order chi connectivity index (χ1) is 12.5. The maximum absolute atomic E-state index is 12.8. The van der Waals surface area contributed by atoms with Gasteiger partial charge in [0.1, 0.15) is 5.56 Å². The number of amides is 1. The van der Waals surface area contributed by atoms with Crippen LogP contribution in [0.2, 0.25) is 0 Å². The van der Waals surface area contributed by atoms with Gasteiger partial charge in [0.05, 0.1) is 0 Å². The fourth-order valence-corrected chi connectivity index (χ4v) is 3.52. The number of fused-ring (bicyclic) bond motifs is 1. The molecule has 0 bridgehead atoms. The van der Waals surface area contributed by atoms with E-state index in [1.54, 1.807) is 43.3 Å². The fraction of sp³-hybridized carbons (Fsp3) is 0.350. The Morgan fingerprint density at radius 1 is 1.19 bits per heavy atom. The summed E-state index contributed by atoms with van der Waals surface area (Å²) in [6.07, 6.45) is 3.78. The first-order valence-electron chi connectivity index (χ1n) is 8.84. The number of aryl methyl sites for hydroxylation is 2. The van der Waals surface area contributed by atoms with Crippen molar-refractivity contribution in [3.63, 3.8) is 0 Å². The number of benzene rings is 1. The molecular formula is C20H22N2O4. The third-order valence-corrected chi connectivity index (χ3v) is 5.07. The molecule has 0 spiro atoms. The maximum atomic E-state index is 12.8. The monoisotopic (exact) mass is 354 g/mol. The van der Waals surface area contributed by atoms with Gasteiger partial charge in [-0.15, -0.1) is 0 Å². The van der Waals surface area contributed by atoms with Gasteiger partial charge in [0.25, 0.3) is 11.5 Å². The van der Waals surface area contributed by atoms with Crippen LogP contribution in [-0.4, -0.2) is 22.0 Å². The molecule has 6 heteroatoms. The van der Waals surface area contributed by atoms with E-state index in [9.17, 15) is 19.5 Å². The molecule has 0 aliphatic heterocycles. The van der Waals surface area contributed by atoms with Gasteiger partial charge < -0.3 is 15.4 Å². The minimum atomic E-state index is -1.58. The van der Waals surface area contributed by atoms with E-state index < -0.39 is 23.0 Å². The molecule has 1 aliphatic carbocycles. The second-order valence-electron chi connectivity index (χ2n) is 6.61. The Labute approximate surface area is 151 Å². The molecule has 136 valence electrons. The number of carboxylic acid groups (broad SMARTS) is 1. The number of nitrogens with one attached hydrogen (secondary N) is 2. The molecule has 3 N–H and O–H groups in total. The number of H-pyrrole nitrogens is 1. The van der Waals surface area contributed by atoms with Crippen LogP contribution in [0.15, 0.2) is 41.2 Å². The van der Waals surface area contributed by atoms with Crippen molar-refractivity contribution >= 4 is 11.9 Å². The summed E-state index contributed by atoms with van der Waals surface area (Å²) in [6.45, 7) is 1.69. The molecule has 1 unspecified atom stereocenters. The van der Waals surface area contributed by atoms with Crippen LogP contribution in [0, 0.1) is 0 Å². The molecular weight excluding hydrogens is 332 g/mol. The van der Waals surface area contributed by atoms with Crippen LogP contribution in [0.1, 0.15) is 53.4 Å². The number of carbonyl (C=O) groups is 2. The molecule has 1 aromatic carbocycles. The summed E-state index contributed by atoms with van der Waals surface area (Å²) < 4.78 is 0. The summed E-state index contributed by atoms with van der Waals surface area (Å²) in [7, 11) is 0. The van der Waals surface area contributed by atoms with Crippen molar-refractivity contribution in [1.82, 2.24) is 10.3 Å². The van der Waals surface area contributed by atoms with Gasteiger partial charge in [0, 0.05) is 5.69 Å². The minimum Gasteiger partial charge on any atom is -0.479 e. The smallest absolute Gasteiger partial charge is 0.334 e. The van der Waals surface area contributed by atoms with E-state index in [0.717, 1.165) is 36.9 Å². The number of hydrogen-bond donors (Lipinski definition) is 3. The highest BCUT2D eigenvalue weighted by Gasteiger charge is 2.40. The number of rotatable bonds is 5. The van der Waals surface area contributed by atoms with Crippen molar-refractivity contribution in [3.8, 4) is 0 Å². The number of aliphatic carboxylic acids is 1. The van der Waals surface area contributed by atoms with Crippen LogP contribution in [0.4, 0.5) is 0 Å². The first kappa shape index (κ1) is 17.9. The zero-order valence-corrected chi connectivity index (χ0v) is 14.7. The van der Waals surface area contributed by atoms with Crippen LogP contribution in [-0.2, 0) is 23.2 Å². The summed E-state index contributed by atoms with van der Waals surface area (Å²) in [4.78, 5) is 40.0. The number of aromatic amines is 1. The molecule has 2 aromatic rings. The number of hydrogen-bond acceptors (Lipinski definition) is 3. The van der Waals surface area contributed by atoms with Gasteiger partial charge in [0.2, 0.25) is 0 Å². The first-order valence-corrected chi connectivity index (χ1v) is 8.84. The van der Waals surface area contributed by atoms with Crippen LogP contribution < -0.4 is 10.9 Å². The largest absolute Gasteiger partial charge is 0.479 e. The van der Waals surface area contributed by atoms with Gasteiger partial charge in [-0.3, -0.25) is 9.59 Å². The molecule has 1 heterocycles. The Hall–Kier alpha value is -2.89. The van der Waals surface area contributed by atoms with Crippen molar-refractivity contribution in [2.75, 3.05) is 0 Å². The van der Waals surface area contributed by atoms with Gasteiger partial charge >= 0.3 is 5.97 Å². The van der Waals surface area contributed by atoms with Crippen LogP contribution >= 0.6 is 0 Å². The Kier molecular flexibility index (Phi) is 4.93. The van der Waals surface area contributed by atoms with E-state index in [1.807, 2.05) is 0 Å². The SMILES string of the molecule is CCC(NC(=O)c1cc2c([nH]c1=O)CCCC2)(C(=O)O)c1ccccc1. The van der Waals surface area contributed by atoms with Gasteiger partial charge in [-0.05, 0) is 49.3 Å². The lowest BCUT2D eigenvalue weighted by molar-refractivity contribution is -0.145. The quantitative estimate of drug-likeness (QED) is 0.767. The van der Waals surface area contributed by atoms with Crippen LogP contribution in [0.25, 0.3) is 0 Å². The third-order valence-electron chi connectivity index (χ3n) is 5.07. The molecule has 0 saturated carbocycles. The highest BCUT2D eigenvalue weighted by atomic mass is 16.4. The van der Waals surface area contributed by atoms with Crippen molar-refractivity contribution < 1.29 is 14.7 Å². The average molecular weight is 354 g/mol. The lowest BCUT2D eigenvalue weighted by Gasteiger charge is -2.30. The van der Waals surface area contributed by atoms with Crippen molar-refractivity contribution in [3.05, 3.63) is 69.1 Å². The molecule has 0 fully saturated rings. The Morgan fingerprint density at radius 3 is 2.54 bits per heavy atom. The van der Waals surface area contributed by atoms with E-state index in [0.29, 0.717) is 5.56 Å². The second-order valence-corrected chi connectivity index (χ2v) is 6.61. The summed E-state index contributed by atoms with van der Waals surface area (Å²) in [5.74, 6) is -1.83. The maximum Gasteiger partial charge on any atom is 0.334 e. The standard InChI is InChI=1S/C20H22N2O4/c1-2-20(19(25)26,14-9-4-3-5-10-14)22-18(24)15-12-13-8-6-7-11-16(13)21-17(15)23/h3-5,9-10,12H,2,6-8,11H2,1H3,(H,21,23)(H,22,24)(H,25,26). The second kappa shape index (κ2) is 7.15. The third kappa shape index (κ3) is 3.14. The minimum absolute atomic E-state index is 0.0411. The molecule has 6 nitrogen and oxygen atoms in total. The normalized spacial score (nSPS) is 15.6. The highest BCUT2D eigenvalue weighted by Crippen LogP contribution is 2.26. The molecule has 26 heavy (non-hydrogen) atoms. The topological polar surface area (TPSA) is 99.3 Å². The zero-order valence-electron chi connectivity index (χ0n) is 14.7. The Morgan fingerprint density at radius 2 is 1.88 bits per heavy atom. The molecule has 1 amide bonds. The van der Waals surface area contributed by atoms with Crippen molar-refractivity contribution in [2.45, 2.75) is 44.6 Å². The van der Waals surface area contributed by atoms with Crippen molar-refractivity contribution in [1.29, 1.82) is 0 Å². The lowest BCUT2D eigenvalue weighted by atomic mass is 9.86. The molecule has 1 aliphatic rings. The number of pyridine rings is 1. The van der Waals surface area contributed by atoms with E-state index in [4.69, 9.17) is 0 Å². The molecule has 3 rings (SSSR count). The predicted octanol–water partition coefficient (Wildman–Crippen LogP) is 2.37. The number of carbonyl (C=O) groups excluding carboxylic acids is 1. The van der Waals surface area contributed by atoms with Gasteiger partial charge in [-0.1, -0.05) is 37.3 Å². The number of aromatic nitrogens is 1. The highest BCUT2D eigenvalue weighted by molar-refractivity contribution is 5.98. The van der Waals surface area contributed by atoms with E-state index in [-0.39, 0.29) is 12.0 Å². The Balaban J connectivity index is 1.99. The Bertz CT molecular complexity index is 888. The molecule has 0 saturated heterocycles. The van der Waals surface area contributed by atoms with E-state index in [1.165, 1.54) is 0 Å². The number of carboxylic acids is 1. The van der Waals surface area contributed by atoms with Crippen LogP contribution in [0.3, 0.4) is 0 Å². The average Bonchev–Trinajstić information content (AvgIpc) is 2.65. The summed E-state index contributed by atoms with van der Waals surface area (Å²) >= 11 is 0. The summed E-state index contributed by atoms with van der Waals surface area (Å²) in [6, 6.07) is 10.2. The van der Waals surface area contributed by atoms with Gasteiger partial charge in [-0.2, -0.15) is 0 Å². The zero-order chi connectivity index (χ0) is 18.7. The summed E-state index contributed by atoms with van der Waals surface area (Å²) in [5.41, 5.74) is 0.199. The van der Waals surface area contributed by atoms with Gasteiger partial charge in [0.15, 0.2) is 5.54 Å². The van der Waals surface area contributed by atoms with Gasteiger partial charge in [-0.25, -0.2) is 4.79 Å². The van der Waals surface area contributed by atoms with E-state index in [2.05, 4.69) is 10.3 Å². The van der Waals surface area contributed by atoms with Crippen molar-refractivity contribution in [2.24, 2.45) is 0 Å². The molecule has 0 radical (unpaired) electrons. The van der Waals surface area contributed by atoms with E-state index >= 15 is 0 Å². The summed E-state index contributed by atoms with van der Waals surface area (Å²) in [5, 5.41) is 12.4. The molecule has 1 atom stereocenters. The molecule has 1 aromatic heterocycles. The fourth-order valence-electron chi connectivity index (χ4n) is 3.52.